The number of rotatable bonds is 4. The third-order valence-corrected chi connectivity index (χ3v) is 6.50. The van der Waals surface area contributed by atoms with Crippen LogP contribution in [0.25, 0.3) is 11.3 Å². The van der Waals surface area contributed by atoms with Crippen molar-refractivity contribution in [3.63, 3.8) is 0 Å². The second-order valence-corrected chi connectivity index (χ2v) is 9.19. The number of carbonyl (C=O) groups is 1. The largest absolute Gasteiger partial charge is 0.491 e. The number of nitrogens with two attached hydrogens (primary N) is 1. The number of carbonyl (C=O) groups excluding carboxylic acids is 1. The number of ether oxygens (including phenoxy) is 2. The van der Waals surface area contributed by atoms with Gasteiger partial charge in [0.1, 0.15) is 12.4 Å². The highest BCUT2D eigenvalue weighted by atomic mass is 16.5. The summed E-state index contributed by atoms with van der Waals surface area (Å²) in [5.74, 6) is 0.646. The zero-order valence-electron chi connectivity index (χ0n) is 20.7. The molecule has 2 N–H and O–H groups in total. The maximum atomic E-state index is 13.1. The Kier molecular flexibility index (Phi) is 8.00. The fourth-order valence-electron chi connectivity index (χ4n) is 4.50. The van der Waals surface area contributed by atoms with E-state index >= 15 is 0 Å². The van der Waals surface area contributed by atoms with E-state index in [2.05, 4.69) is 41.1 Å². The van der Waals surface area contributed by atoms with Crippen molar-refractivity contribution in [2.75, 3.05) is 46.1 Å². The van der Waals surface area contributed by atoms with Gasteiger partial charge < -0.3 is 20.1 Å². The van der Waals surface area contributed by atoms with Gasteiger partial charge in [0, 0.05) is 57.8 Å². The van der Waals surface area contributed by atoms with Crippen molar-refractivity contribution < 1.29 is 14.3 Å². The second kappa shape index (κ2) is 11.3. The van der Waals surface area contributed by atoms with Gasteiger partial charge >= 0.3 is 0 Å². The Morgan fingerprint density at radius 2 is 1.91 bits per heavy atom. The van der Waals surface area contributed by atoms with Crippen LogP contribution in [-0.4, -0.2) is 67.2 Å². The van der Waals surface area contributed by atoms with E-state index < -0.39 is 0 Å². The SMILES string of the molecule is CO[C@H]1CN(C)C(=O)c2cc(N)ccc2OCCN(Cc2ccc(-c3ccccn3)cc2)C[C@@H]1C. The summed E-state index contributed by atoms with van der Waals surface area (Å²) in [5.41, 5.74) is 10.3. The van der Waals surface area contributed by atoms with Gasteiger partial charge in [0.2, 0.25) is 0 Å². The van der Waals surface area contributed by atoms with Crippen molar-refractivity contribution in [1.82, 2.24) is 14.8 Å². The molecular weight excluding hydrogens is 440 g/mol. The van der Waals surface area contributed by atoms with Gasteiger partial charge in [-0.15, -0.1) is 0 Å². The van der Waals surface area contributed by atoms with E-state index in [0.29, 0.717) is 30.2 Å². The molecule has 0 unspecified atom stereocenters. The van der Waals surface area contributed by atoms with Crippen LogP contribution in [0.2, 0.25) is 0 Å². The van der Waals surface area contributed by atoms with Crippen LogP contribution < -0.4 is 10.5 Å². The summed E-state index contributed by atoms with van der Waals surface area (Å²) >= 11 is 0. The molecule has 1 aromatic heterocycles. The molecular formula is C28H34N4O3. The number of hydrogen-bond acceptors (Lipinski definition) is 6. The lowest BCUT2D eigenvalue weighted by Gasteiger charge is -2.33. The molecule has 1 amide bonds. The average Bonchev–Trinajstić information content (AvgIpc) is 2.87. The molecule has 4 rings (SSSR count). The van der Waals surface area contributed by atoms with E-state index in [0.717, 1.165) is 30.9 Å². The van der Waals surface area contributed by atoms with Crippen LogP contribution in [0, 0.1) is 5.92 Å². The van der Waals surface area contributed by atoms with Gasteiger partial charge in [-0.25, -0.2) is 0 Å². The van der Waals surface area contributed by atoms with E-state index in [1.165, 1.54) is 5.56 Å². The summed E-state index contributed by atoms with van der Waals surface area (Å²) in [6, 6.07) is 19.7. The molecule has 0 saturated heterocycles. The molecule has 0 saturated carbocycles. The molecule has 2 aromatic carbocycles. The van der Waals surface area contributed by atoms with Gasteiger partial charge in [0.05, 0.1) is 17.4 Å². The van der Waals surface area contributed by atoms with Gasteiger partial charge in [0.25, 0.3) is 5.91 Å². The van der Waals surface area contributed by atoms with E-state index in [-0.39, 0.29) is 17.9 Å². The van der Waals surface area contributed by atoms with E-state index in [9.17, 15) is 4.79 Å². The first kappa shape index (κ1) is 24.7. The van der Waals surface area contributed by atoms with Crippen molar-refractivity contribution in [2.24, 2.45) is 5.92 Å². The van der Waals surface area contributed by atoms with Crippen LogP contribution in [0.1, 0.15) is 22.8 Å². The number of amides is 1. The predicted molar refractivity (Wildman–Crippen MR) is 138 cm³/mol. The lowest BCUT2D eigenvalue weighted by atomic mass is 10.0. The van der Waals surface area contributed by atoms with Crippen molar-refractivity contribution in [1.29, 1.82) is 0 Å². The van der Waals surface area contributed by atoms with Crippen LogP contribution in [-0.2, 0) is 11.3 Å². The van der Waals surface area contributed by atoms with Crippen LogP contribution in [0.15, 0.2) is 66.9 Å². The first-order chi connectivity index (χ1) is 16.9. The molecule has 0 radical (unpaired) electrons. The van der Waals surface area contributed by atoms with E-state index in [1.807, 2.05) is 24.4 Å². The quantitative estimate of drug-likeness (QED) is 0.577. The molecule has 3 aromatic rings. The number of methoxy groups -OCH3 is 1. The number of aromatic nitrogens is 1. The van der Waals surface area contributed by atoms with Gasteiger partial charge in [-0.05, 0) is 41.8 Å². The molecule has 0 bridgehead atoms. The number of fused-ring (bicyclic) bond motifs is 1. The van der Waals surface area contributed by atoms with Gasteiger partial charge in [-0.3, -0.25) is 14.7 Å². The monoisotopic (exact) mass is 474 g/mol. The van der Waals surface area contributed by atoms with Gasteiger partial charge in [0.15, 0.2) is 0 Å². The topological polar surface area (TPSA) is 80.9 Å². The summed E-state index contributed by atoms with van der Waals surface area (Å²) in [5, 5.41) is 0. The minimum atomic E-state index is -0.119. The minimum Gasteiger partial charge on any atom is -0.491 e. The highest BCUT2D eigenvalue weighted by molar-refractivity contribution is 5.97. The molecule has 7 nitrogen and oxygen atoms in total. The third-order valence-electron chi connectivity index (χ3n) is 6.50. The Morgan fingerprint density at radius 3 is 2.63 bits per heavy atom. The lowest BCUT2D eigenvalue weighted by molar-refractivity contribution is 0.0161. The fourth-order valence-corrected chi connectivity index (χ4v) is 4.50. The molecule has 0 fully saturated rings. The van der Waals surface area contributed by atoms with E-state index in [4.69, 9.17) is 15.2 Å². The fraction of sp³-hybridized carbons (Fsp3) is 0.357. The average molecular weight is 475 g/mol. The lowest BCUT2D eigenvalue weighted by Crippen LogP contribution is -2.43. The van der Waals surface area contributed by atoms with Crippen LogP contribution >= 0.6 is 0 Å². The molecule has 0 aliphatic carbocycles. The Hall–Kier alpha value is -3.42. The predicted octanol–water partition coefficient (Wildman–Crippen LogP) is 3.95. The van der Waals surface area contributed by atoms with E-state index in [1.54, 1.807) is 37.3 Å². The number of nitrogens with zero attached hydrogens (tertiary/aromatic N) is 3. The summed E-state index contributed by atoms with van der Waals surface area (Å²) in [6.07, 6.45) is 1.72. The number of benzene rings is 2. The molecule has 0 spiro atoms. The maximum absolute atomic E-state index is 13.1. The van der Waals surface area contributed by atoms with Crippen molar-refractivity contribution in [2.45, 2.75) is 19.6 Å². The van der Waals surface area contributed by atoms with Crippen LogP contribution in [0.3, 0.4) is 0 Å². The summed E-state index contributed by atoms with van der Waals surface area (Å²) in [4.78, 5) is 21.6. The zero-order valence-corrected chi connectivity index (χ0v) is 20.7. The number of hydrogen-bond donors (Lipinski definition) is 1. The van der Waals surface area contributed by atoms with Crippen molar-refractivity contribution >= 4 is 11.6 Å². The summed E-state index contributed by atoms with van der Waals surface area (Å²) in [6.45, 7) is 5.44. The Labute approximate surface area is 207 Å². The summed E-state index contributed by atoms with van der Waals surface area (Å²) < 4.78 is 11.9. The van der Waals surface area contributed by atoms with Gasteiger partial charge in [-0.1, -0.05) is 37.3 Å². The molecule has 1 aliphatic rings. The number of anilines is 1. The zero-order chi connectivity index (χ0) is 24.8. The Morgan fingerprint density at radius 1 is 1.11 bits per heavy atom. The first-order valence-corrected chi connectivity index (χ1v) is 12.0. The molecule has 1 aliphatic heterocycles. The normalized spacial score (nSPS) is 19.9. The summed E-state index contributed by atoms with van der Waals surface area (Å²) in [7, 11) is 3.50. The van der Waals surface area contributed by atoms with Crippen molar-refractivity contribution in [3.8, 4) is 17.0 Å². The third kappa shape index (κ3) is 6.18. The Balaban J connectivity index is 1.54. The number of nitrogen functional groups attached to an aromatic ring is 1. The highest BCUT2D eigenvalue weighted by Crippen LogP contribution is 2.25. The molecule has 184 valence electrons. The second-order valence-electron chi connectivity index (χ2n) is 9.19. The first-order valence-electron chi connectivity index (χ1n) is 12.0. The maximum Gasteiger partial charge on any atom is 0.257 e. The standard InChI is InChI=1S/C28H34N4O3/c1-20-17-32(18-21-7-9-22(10-8-21)25-6-4-5-13-30-25)14-15-35-26-12-11-23(29)16-24(26)28(33)31(2)19-27(20)34-3/h4-13,16,20,27H,14-15,17-19,29H2,1-3H3/t20-,27-/m0/s1. The minimum absolute atomic E-state index is 0.0946. The van der Waals surface area contributed by atoms with Crippen LogP contribution in [0.5, 0.6) is 5.75 Å². The molecule has 2 heterocycles. The Bertz CT molecular complexity index is 1120. The smallest absolute Gasteiger partial charge is 0.257 e. The van der Waals surface area contributed by atoms with Gasteiger partial charge in [-0.2, -0.15) is 0 Å². The molecule has 35 heavy (non-hydrogen) atoms. The van der Waals surface area contributed by atoms with Crippen molar-refractivity contribution in [3.05, 3.63) is 78.0 Å². The van der Waals surface area contributed by atoms with Crippen LogP contribution in [0.4, 0.5) is 5.69 Å². The molecule has 7 heteroatoms. The number of pyridine rings is 1. The highest BCUT2D eigenvalue weighted by Gasteiger charge is 2.26. The number of likely N-dealkylation sites (N-methyl/N-ethyl adjacent to an activating group) is 1. The molecule has 2 atom stereocenters.